The molecule has 0 radical (unpaired) electrons. The molecular weight excluding hydrogens is 296 g/mol. The Hall–Kier alpha value is -1.36. The number of fused-ring (bicyclic) bond motifs is 2. The molecule has 22 heavy (non-hydrogen) atoms. The lowest BCUT2D eigenvalue weighted by Crippen LogP contribution is -2.34. The molecule has 2 atom stereocenters. The first-order valence-electron chi connectivity index (χ1n) is 7.93. The Bertz CT molecular complexity index is 672. The van der Waals surface area contributed by atoms with Gasteiger partial charge >= 0.3 is 0 Å². The van der Waals surface area contributed by atoms with Gasteiger partial charge in [-0.25, -0.2) is 4.83 Å². The van der Waals surface area contributed by atoms with Crippen molar-refractivity contribution in [2.45, 2.75) is 51.3 Å². The minimum Gasteiger partial charge on any atom is -0.200 e. The molecule has 2 saturated carbocycles. The van der Waals surface area contributed by atoms with Crippen LogP contribution in [0.25, 0.3) is 0 Å². The SMILES string of the molecule is Cc1ccc(S(=O)(=O)NN=C2CC3CCC(C2)C3(C)C)cc1. The number of nitrogens with zero attached hydrogens (tertiary/aromatic N) is 1. The van der Waals surface area contributed by atoms with Crippen LogP contribution in [0.15, 0.2) is 34.3 Å². The molecule has 0 amide bonds. The molecule has 2 aliphatic carbocycles. The molecule has 2 aliphatic rings. The minimum atomic E-state index is -3.56. The van der Waals surface area contributed by atoms with Crippen molar-refractivity contribution in [1.29, 1.82) is 0 Å². The van der Waals surface area contributed by atoms with Crippen LogP contribution in [-0.2, 0) is 10.0 Å². The van der Waals surface area contributed by atoms with E-state index in [4.69, 9.17) is 0 Å². The maximum absolute atomic E-state index is 12.3. The van der Waals surface area contributed by atoms with Gasteiger partial charge in [0, 0.05) is 5.71 Å². The van der Waals surface area contributed by atoms with Crippen molar-refractivity contribution < 1.29 is 8.42 Å². The van der Waals surface area contributed by atoms with Gasteiger partial charge < -0.3 is 0 Å². The van der Waals surface area contributed by atoms with Crippen LogP contribution in [0.3, 0.4) is 0 Å². The summed E-state index contributed by atoms with van der Waals surface area (Å²) in [5.41, 5.74) is 2.41. The van der Waals surface area contributed by atoms with Crippen molar-refractivity contribution in [3.8, 4) is 0 Å². The van der Waals surface area contributed by atoms with Gasteiger partial charge in [-0.2, -0.15) is 13.5 Å². The van der Waals surface area contributed by atoms with Gasteiger partial charge in [0.1, 0.15) is 0 Å². The maximum atomic E-state index is 12.3. The summed E-state index contributed by atoms with van der Waals surface area (Å²) in [4.78, 5) is 2.69. The molecule has 1 N–H and O–H groups in total. The molecule has 0 aliphatic heterocycles. The number of hydrazone groups is 1. The smallest absolute Gasteiger partial charge is 0.200 e. The van der Waals surface area contributed by atoms with Crippen molar-refractivity contribution >= 4 is 15.7 Å². The van der Waals surface area contributed by atoms with E-state index in [-0.39, 0.29) is 4.90 Å². The van der Waals surface area contributed by atoms with Crippen molar-refractivity contribution in [1.82, 2.24) is 4.83 Å². The van der Waals surface area contributed by atoms with Crippen LogP contribution in [0.2, 0.25) is 0 Å². The average molecular weight is 320 g/mol. The minimum absolute atomic E-state index is 0.265. The van der Waals surface area contributed by atoms with Gasteiger partial charge in [0.05, 0.1) is 4.90 Å². The van der Waals surface area contributed by atoms with E-state index in [1.807, 2.05) is 6.92 Å². The Kier molecular flexibility index (Phi) is 3.79. The van der Waals surface area contributed by atoms with E-state index in [9.17, 15) is 8.42 Å². The van der Waals surface area contributed by atoms with Gasteiger partial charge in [0.25, 0.3) is 10.0 Å². The molecule has 2 unspecified atom stereocenters. The van der Waals surface area contributed by atoms with E-state index in [1.54, 1.807) is 24.3 Å². The van der Waals surface area contributed by atoms with Crippen molar-refractivity contribution in [2.75, 3.05) is 0 Å². The second-order valence-electron chi connectivity index (χ2n) is 7.29. The zero-order chi connectivity index (χ0) is 16.0. The molecular formula is C17H24N2O2S. The van der Waals surface area contributed by atoms with Gasteiger partial charge in [0.2, 0.25) is 0 Å². The van der Waals surface area contributed by atoms with Crippen molar-refractivity contribution in [2.24, 2.45) is 22.4 Å². The highest BCUT2D eigenvalue weighted by Crippen LogP contribution is 2.54. The van der Waals surface area contributed by atoms with E-state index in [0.717, 1.165) is 24.1 Å². The van der Waals surface area contributed by atoms with Gasteiger partial charge in [-0.05, 0) is 62.0 Å². The molecule has 4 nitrogen and oxygen atoms in total. The lowest BCUT2D eigenvalue weighted by atomic mass is 9.67. The van der Waals surface area contributed by atoms with Crippen LogP contribution in [0.4, 0.5) is 0 Å². The van der Waals surface area contributed by atoms with E-state index in [1.165, 1.54) is 12.8 Å². The largest absolute Gasteiger partial charge is 0.276 e. The van der Waals surface area contributed by atoms with Crippen molar-refractivity contribution in [3.63, 3.8) is 0 Å². The quantitative estimate of drug-likeness (QED) is 0.867. The topological polar surface area (TPSA) is 58.5 Å². The molecule has 2 bridgehead atoms. The number of benzene rings is 1. The zero-order valence-corrected chi connectivity index (χ0v) is 14.3. The summed E-state index contributed by atoms with van der Waals surface area (Å²) in [6, 6.07) is 6.83. The Labute approximate surface area is 133 Å². The summed E-state index contributed by atoms with van der Waals surface area (Å²) in [5.74, 6) is 1.27. The summed E-state index contributed by atoms with van der Waals surface area (Å²) >= 11 is 0. The van der Waals surface area contributed by atoms with Gasteiger partial charge in [-0.15, -0.1) is 0 Å². The Morgan fingerprint density at radius 1 is 1.09 bits per heavy atom. The summed E-state index contributed by atoms with van der Waals surface area (Å²) in [6.45, 7) is 6.61. The number of nitrogens with one attached hydrogen (secondary N) is 1. The molecule has 5 heteroatoms. The molecule has 1 aromatic rings. The third-order valence-corrected chi connectivity index (χ3v) is 6.81. The molecule has 1 aromatic carbocycles. The predicted molar refractivity (Wildman–Crippen MR) is 88.2 cm³/mol. The molecule has 0 heterocycles. The Morgan fingerprint density at radius 3 is 2.18 bits per heavy atom. The molecule has 0 aromatic heterocycles. The van der Waals surface area contributed by atoms with Crippen molar-refractivity contribution in [3.05, 3.63) is 29.8 Å². The highest BCUT2D eigenvalue weighted by Gasteiger charge is 2.47. The molecule has 0 saturated heterocycles. The highest BCUT2D eigenvalue weighted by molar-refractivity contribution is 7.89. The van der Waals surface area contributed by atoms with E-state index >= 15 is 0 Å². The summed E-state index contributed by atoms with van der Waals surface area (Å²) < 4.78 is 24.5. The second kappa shape index (κ2) is 5.37. The van der Waals surface area contributed by atoms with Crippen LogP contribution in [0.1, 0.15) is 45.1 Å². The number of sulfonamides is 1. The first-order chi connectivity index (χ1) is 10.3. The van der Waals surface area contributed by atoms with E-state index in [2.05, 4.69) is 23.8 Å². The fourth-order valence-electron chi connectivity index (χ4n) is 3.85. The third-order valence-electron chi connectivity index (χ3n) is 5.59. The normalized spacial score (nSPS) is 26.8. The predicted octanol–water partition coefficient (Wildman–Crippen LogP) is 3.48. The molecule has 120 valence electrons. The van der Waals surface area contributed by atoms with Crippen LogP contribution in [0.5, 0.6) is 0 Å². The van der Waals surface area contributed by atoms with Crippen LogP contribution < -0.4 is 4.83 Å². The van der Waals surface area contributed by atoms with Crippen LogP contribution in [-0.4, -0.2) is 14.1 Å². The van der Waals surface area contributed by atoms with E-state index < -0.39 is 10.0 Å². The number of rotatable bonds is 3. The molecule has 0 spiro atoms. The van der Waals surface area contributed by atoms with E-state index in [0.29, 0.717) is 17.3 Å². The summed E-state index contributed by atoms with van der Waals surface area (Å²) in [7, 11) is -3.56. The molecule has 2 fully saturated rings. The highest BCUT2D eigenvalue weighted by atomic mass is 32.2. The van der Waals surface area contributed by atoms with Gasteiger partial charge in [0.15, 0.2) is 0 Å². The fraction of sp³-hybridized carbons (Fsp3) is 0.588. The maximum Gasteiger partial charge on any atom is 0.276 e. The lowest BCUT2D eigenvalue weighted by molar-refractivity contribution is 0.176. The Balaban J connectivity index is 1.73. The fourth-order valence-corrected chi connectivity index (χ4v) is 4.70. The van der Waals surface area contributed by atoms with Gasteiger partial charge in [-0.1, -0.05) is 31.5 Å². The third kappa shape index (κ3) is 2.78. The number of hydrogen-bond donors (Lipinski definition) is 1. The first kappa shape index (κ1) is 15.5. The average Bonchev–Trinajstić information content (AvgIpc) is 2.66. The lowest BCUT2D eigenvalue weighted by Gasteiger charge is -2.38. The number of aryl methyl sites for hydroxylation is 1. The van der Waals surface area contributed by atoms with Crippen LogP contribution in [0, 0.1) is 24.2 Å². The first-order valence-corrected chi connectivity index (χ1v) is 9.41. The number of hydrogen-bond acceptors (Lipinski definition) is 3. The summed E-state index contributed by atoms with van der Waals surface area (Å²) in [6.07, 6.45) is 4.31. The summed E-state index contributed by atoms with van der Waals surface area (Å²) in [5, 5.41) is 4.24. The second-order valence-corrected chi connectivity index (χ2v) is 8.95. The standard InChI is InChI=1S/C17H24N2O2S/c1-12-4-8-16(9-5-12)22(20,21)19-18-15-10-13-6-7-14(11-15)17(13,2)3/h4-5,8-9,13-14,19H,6-7,10-11H2,1-3H3. The molecule has 3 rings (SSSR count). The van der Waals surface area contributed by atoms with Crippen LogP contribution >= 0.6 is 0 Å². The zero-order valence-electron chi connectivity index (χ0n) is 13.5. The van der Waals surface area contributed by atoms with Gasteiger partial charge in [-0.3, -0.25) is 0 Å². The Morgan fingerprint density at radius 2 is 1.64 bits per heavy atom. The monoisotopic (exact) mass is 320 g/mol.